The van der Waals surface area contributed by atoms with Gasteiger partial charge in [-0.3, -0.25) is 14.4 Å². The van der Waals surface area contributed by atoms with Crippen LogP contribution in [0.2, 0.25) is 0 Å². The third kappa shape index (κ3) is 11.8. The molecule has 0 bridgehead atoms. The van der Waals surface area contributed by atoms with Crippen molar-refractivity contribution in [3.63, 3.8) is 0 Å². The highest BCUT2D eigenvalue weighted by Crippen LogP contribution is 2.31. The molecule has 0 aliphatic heterocycles. The van der Waals surface area contributed by atoms with E-state index in [4.69, 9.17) is 29.4 Å². The Bertz CT molecular complexity index is 2550. The number of halogens is 1. The van der Waals surface area contributed by atoms with Crippen LogP contribution in [0.5, 0.6) is 23.0 Å². The number of hydrogen-bond acceptors (Lipinski definition) is 9. The SMILES string of the molecule is COCCn1cc(C(=O)NCC(C)(C)c2ccc(NC(=O)c3ccc(OC)c(OC)c3)cc2)c2cc(F)ccc21.COc1ccc(C(=O)Nc2ccc(C(C)(C)CN)cc2)cc1OC. The minimum absolute atomic E-state index is 0.0914. The number of methoxy groups -OCH3 is 5. The van der Waals surface area contributed by atoms with E-state index in [1.807, 2.05) is 66.9 Å². The smallest absolute Gasteiger partial charge is 0.255 e. The van der Waals surface area contributed by atoms with Gasteiger partial charge in [-0.1, -0.05) is 52.0 Å². The summed E-state index contributed by atoms with van der Waals surface area (Å²) in [5.74, 6) is 0.958. The zero-order valence-electron chi connectivity index (χ0n) is 37.9. The summed E-state index contributed by atoms with van der Waals surface area (Å²) in [7, 11) is 7.76. The third-order valence-corrected chi connectivity index (χ3v) is 11.0. The molecular weight excluding hydrogens is 818 g/mol. The lowest BCUT2D eigenvalue weighted by Gasteiger charge is -2.26. The minimum Gasteiger partial charge on any atom is -0.493 e. The molecular formula is C50H58FN5O8. The second kappa shape index (κ2) is 21.5. The van der Waals surface area contributed by atoms with Crippen molar-refractivity contribution >= 4 is 40.0 Å². The Kier molecular flexibility index (Phi) is 16.1. The molecule has 1 heterocycles. The minimum atomic E-state index is -0.415. The number of anilines is 2. The summed E-state index contributed by atoms with van der Waals surface area (Å²) < 4.78 is 42.0. The van der Waals surface area contributed by atoms with Crippen molar-refractivity contribution in [2.24, 2.45) is 5.73 Å². The first-order valence-corrected chi connectivity index (χ1v) is 20.6. The largest absolute Gasteiger partial charge is 0.493 e. The number of aromatic nitrogens is 1. The Labute approximate surface area is 374 Å². The monoisotopic (exact) mass is 875 g/mol. The number of fused-ring (bicyclic) bond motifs is 1. The lowest BCUT2D eigenvalue weighted by atomic mass is 9.84. The summed E-state index contributed by atoms with van der Waals surface area (Å²) in [6, 6.07) is 29.7. The van der Waals surface area contributed by atoms with Crippen molar-refractivity contribution in [3.05, 3.63) is 143 Å². The van der Waals surface area contributed by atoms with Gasteiger partial charge in [0.1, 0.15) is 5.82 Å². The van der Waals surface area contributed by atoms with Gasteiger partial charge in [0, 0.05) is 77.2 Å². The summed E-state index contributed by atoms with van der Waals surface area (Å²) in [5.41, 5.74) is 10.9. The Morgan fingerprint density at radius 3 is 1.55 bits per heavy atom. The van der Waals surface area contributed by atoms with Gasteiger partial charge in [0.05, 0.1) is 40.6 Å². The Hall–Kier alpha value is -6.90. The molecule has 6 rings (SSSR count). The van der Waals surface area contributed by atoms with E-state index in [0.29, 0.717) is 77.0 Å². The molecule has 5 aromatic carbocycles. The van der Waals surface area contributed by atoms with Crippen LogP contribution in [-0.4, -0.2) is 77.5 Å². The molecule has 0 aliphatic carbocycles. The number of carbonyl (C=O) groups excluding carboxylic acids is 3. The zero-order chi connectivity index (χ0) is 46.6. The summed E-state index contributed by atoms with van der Waals surface area (Å²) in [6.07, 6.45) is 1.74. The van der Waals surface area contributed by atoms with Crippen molar-refractivity contribution in [3.8, 4) is 23.0 Å². The molecule has 0 unspecified atom stereocenters. The number of benzene rings is 5. The molecule has 5 N–H and O–H groups in total. The second-order valence-electron chi connectivity index (χ2n) is 16.2. The maximum absolute atomic E-state index is 14.0. The number of nitrogens with zero attached hydrogens (tertiary/aromatic N) is 1. The predicted octanol–water partition coefficient (Wildman–Crippen LogP) is 8.60. The van der Waals surface area contributed by atoms with Crippen LogP contribution in [0.15, 0.2) is 109 Å². The van der Waals surface area contributed by atoms with Gasteiger partial charge in [0.2, 0.25) is 0 Å². The first kappa shape index (κ1) is 48.1. The van der Waals surface area contributed by atoms with Crippen LogP contribution < -0.4 is 40.6 Å². The number of hydrogen-bond donors (Lipinski definition) is 4. The maximum Gasteiger partial charge on any atom is 0.255 e. The van der Waals surface area contributed by atoms with Gasteiger partial charge in [0.15, 0.2) is 23.0 Å². The van der Waals surface area contributed by atoms with Gasteiger partial charge in [-0.25, -0.2) is 4.39 Å². The summed E-state index contributed by atoms with van der Waals surface area (Å²) in [6.45, 7) is 10.1. The normalized spacial score (nSPS) is 11.2. The van der Waals surface area contributed by atoms with E-state index < -0.39 is 11.2 Å². The molecule has 13 nitrogen and oxygen atoms in total. The highest BCUT2D eigenvalue weighted by atomic mass is 19.1. The highest BCUT2D eigenvalue weighted by Gasteiger charge is 2.24. The molecule has 0 spiro atoms. The van der Waals surface area contributed by atoms with Gasteiger partial charge in [-0.2, -0.15) is 0 Å². The topological polar surface area (TPSA) is 164 Å². The molecule has 3 amide bonds. The molecule has 0 radical (unpaired) electrons. The van der Waals surface area contributed by atoms with Gasteiger partial charge < -0.3 is 49.9 Å². The van der Waals surface area contributed by atoms with Crippen LogP contribution in [0.25, 0.3) is 10.9 Å². The molecule has 14 heteroatoms. The second-order valence-corrected chi connectivity index (χ2v) is 16.2. The molecule has 0 saturated heterocycles. The van der Waals surface area contributed by atoms with Crippen molar-refractivity contribution in [2.75, 3.05) is 65.9 Å². The van der Waals surface area contributed by atoms with Crippen LogP contribution in [-0.2, 0) is 22.1 Å². The number of nitrogens with one attached hydrogen (secondary N) is 3. The molecule has 0 saturated carbocycles. The number of carbonyl (C=O) groups is 3. The molecule has 64 heavy (non-hydrogen) atoms. The quantitative estimate of drug-likeness (QED) is 0.0703. The van der Waals surface area contributed by atoms with Crippen molar-refractivity contribution in [1.82, 2.24) is 9.88 Å². The van der Waals surface area contributed by atoms with Crippen LogP contribution in [0.4, 0.5) is 15.8 Å². The number of nitrogens with two attached hydrogens (primary N) is 1. The first-order chi connectivity index (χ1) is 30.6. The van der Waals surface area contributed by atoms with Gasteiger partial charge in [-0.05, 0) is 90.0 Å². The molecule has 338 valence electrons. The van der Waals surface area contributed by atoms with Crippen molar-refractivity contribution in [1.29, 1.82) is 0 Å². The number of amides is 3. The predicted molar refractivity (Wildman–Crippen MR) is 249 cm³/mol. The van der Waals surface area contributed by atoms with E-state index in [2.05, 4.69) is 29.8 Å². The van der Waals surface area contributed by atoms with E-state index in [-0.39, 0.29) is 23.1 Å². The average molecular weight is 876 g/mol. The lowest BCUT2D eigenvalue weighted by molar-refractivity contribution is 0.0945. The highest BCUT2D eigenvalue weighted by molar-refractivity contribution is 6.07. The maximum atomic E-state index is 14.0. The summed E-state index contributed by atoms with van der Waals surface area (Å²) in [5, 5.41) is 9.33. The lowest BCUT2D eigenvalue weighted by Crippen LogP contribution is -2.36. The Morgan fingerprint density at radius 2 is 1.09 bits per heavy atom. The number of ether oxygens (including phenoxy) is 5. The number of rotatable bonds is 17. The van der Waals surface area contributed by atoms with E-state index in [1.165, 1.54) is 33.5 Å². The van der Waals surface area contributed by atoms with E-state index >= 15 is 0 Å². The van der Waals surface area contributed by atoms with E-state index in [0.717, 1.165) is 22.3 Å². The Balaban J connectivity index is 0.000000274. The van der Waals surface area contributed by atoms with Crippen LogP contribution in [0.1, 0.15) is 69.9 Å². The fraction of sp³-hybridized carbons (Fsp3) is 0.300. The fourth-order valence-corrected chi connectivity index (χ4v) is 6.81. The van der Waals surface area contributed by atoms with Gasteiger partial charge in [0.25, 0.3) is 17.7 Å². The van der Waals surface area contributed by atoms with E-state index in [1.54, 1.807) is 62.9 Å². The molecule has 0 atom stereocenters. The van der Waals surface area contributed by atoms with E-state index in [9.17, 15) is 18.8 Å². The first-order valence-electron chi connectivity index (χ1n) is 20.6. The molecule has 0 aliphatic rings. The summed E-state index contributed by atoms with van der Waals surface area (Å²) in [4.78, 5) is 38.3. The van der Waals surface area contributed by atoms with Crippen LogP contribution in [0, 0.1) is 5.82 Å². The van der Waals surface area contributed by atoms with Crippen LogP contribution >= 0.6 is 0 Å². The summed E-state index contributed by atoms with van der Waals surface area (Å²) >= 11 is 0. The van der Waals surface area contributed by atoms with Crippen molar-refractivity contribution in [2.45, 2.75) is 45.1 Å². The Morgan fingerprint density at radius 1 is 0.609 bits per heavy atom. The van der Waals surface area contributed by atoms with Gasteiger partial charge in [-0.15, -0.1) is 0 Å². The molecule has 1 aromatic heterocycles. The molecule has 0 fully saturated rings. The van der Waals surface area contributed by atoms with Crippen molar-refractivity contribution < 1.29 is 42.5 Å². The van der Waals surface area contributed by atoms with Gasteiger partial charge >= 0.3 is 0 Å². The fourth-order valence-electron chi connectivity index (χ4n) is 6.81. The standard InChI is InChI=1S/C31H34FN3O5.C19H24N2O3/c1-31(2,19-33-30(37)25-18-35(14-15-38-3)26-12-9-22(32)17-24(25)26)21-7-10-23(11-8-21)34-29(36)20-6-13-27(39-4)28(16-20)40-5;1-19(2,12-20)14-6-8-15(9-7-14)21-18(22)13-5-10-16(23-3)17(11-13)24-4/h6-13,16-18H,14-15,19H2,1-5H3,(H,33,37)(H,34,36);5-11H,12,20H2,1-4H3,(H,21,22). The average Bonchev–Trinajstić information content (AvgIpc) is 3.67. The third-order valence-electron chi connectivity index (χ3n) is 11.0. The zero-order valence-corrected chi connectivity index (χ0v) is 37.9. The van der Waals surface area contributed by atoms with Crippen LogP contribution in [0.3, 0.4) is 0 Å². The molecule has 6 aromatic rings.